The fourth-order valence-electron chi connectivity index (χ4n) is 3.02. The second kappa shape index (κ2) is 5.00. The Labute approximate surface area is 93.0 Å². The quantitative estimate of drug-likeness (QED) is 0.608. The molecular weight excluding hydrogens is 186 g/mol. The van der Waals surface area contributed by atoms with Gasteiger partial charge in [-0.25, -0.2) is 0 Å². The van der Waals surface area contributed by atoms with E-state index in [2.05, 4.69) is 11.8 Å². The average molecular weight is 209 g/mol. The Morgan fingerprint density at radius 1 is 1.00 bits per heavy atom. The van der Waals surface area contributed by atoms with Gasteiger partial charge in [-0.05, 0) is 32.6 Å². The first-order chi connectivity index (χ1) is 7.29. The molecule has 15 heavy (non-hydrogen) atoms. The van der Waals surface area contributed by atoms with Crippen molar-refractivity contribution in [3.8, 4) is 0 Å². The molecule has 0 aromatic heterocycles. The van der Waals surface area contributed by atoms with Crippen LogP contribution in [0.4, 0.5) is 0 Å². The summed E-state index contributed by atoms with van der Waals surface area (Å²) in [5.74, 6) is 0.815. The fourth-order valence-corrected chi connectivity index (χ4v) is 3.02. The van der Waals surface area contributed by atoms with Crippen LogP contribution in [0.2, 0.25) is 0 Å². The summed E-state index contributed by atoms with van der Waals surface area (Å²) in [5, 5.41) is 0. The van der Waals surface area contributed by atoms with Crippen molar-refractivity contribution >= 4 is 5.91 Å². The minimum atomic E-state index is 0.355. The summed E-state index contributed by atoms with van der Waals surface area (Å²) in [6.07, 6.45) is 9.89. The van der Waals surface area contributed by atoms with Gasteiger partial charge in [0.15, 0.2) is 0 Å². The van der Waals surface area contributed by atoms with Gasteiger partial charge in [-0.1, -0.05) is 25.7 Å². The van der Waals surface area contributed by atoms with Gasteiger partial charge in [0, 0.05) is 18.5 Å². The van der Waals surface area contributed by atoms with E-state index in [4.69, 9.17) is 0 Å². The summed E-state index contributed by atoms with van der Waals surface area (Å²) < 4.78 is 0. The Balaban J connectivity index is 1.93. The molecule has 0 aromatic rings. The predicted molar refractivity (Wildman–Crippen MR) is 61.6 cm³/mol. The van der Waals surface area contributed by atoms with Crippen molar-refractivity contribution in [2.75, 3.05) is 6.54 Å². The number of amides is 1. The van der Waals surface area contributed by atoms with Crippen LogP contribution in [0.25, 0.3) is 0 Å². The largest absolute Gasteiger partial charge is 0.340 e. The molecule has 1 heterocycles. The Morgan fingerprint density at radius 2 is 1.67 bits per heavy atom. The van der Waals surface area contributed by atoms with Gasteiger partial charge in [0.2, 0.25) is 5.91 Å². The number of likely N-dealkylation sites (tertiary alicyclic amines) is 1. The first-order valence-corrected chi connectivity index (χ1v) is 6.59. The van der Waals surface area contributed by atoms with Crippen molar-refractivity contribution in [2.45, 2.75) is 64.3 Å². The molecule has 1 unspecified atom stereocenters. The Morgan fingerprint density at radius 3 is 2.20 bits per heavy atom. The number of nitrogens with zero attached hydrogens (tertiary/aromatic N) is 1. The molecule has 0 aromatic carbocycles. The highest BCUT2D eigenvalue weighted by atomic mass is 16.2. The van der Waals surface area contributed by atoms with Gasteiger partial charge in [0.05, 0.1) is 0 Å². The van der Waals surface area contributed by atoms with Crippen molar-refractivity contribution in [1.82, 2.24) is 4.90 Å². The van der Waals surface area contributed by atoms with Crippen molar-refractivity contribution in [1.29, 1.82) is 0 Å². The zero-order valence-electron chi connectivity index (χ0n) is 9.87. The Hall–Kier alpha value is -0.530. The average Bonchev–Trinajstić information content (AvgIpc) is 2.53. The van der Waals surface area contributed by atoms with E-state index in [0.29, 0.717) is 17.9 Å². The third-order valence-electron chi connectivity index (χ3n) is 4.04. The molecule has 2 fully saturated rings. The summed E-state index contributed by atoms with van der Waals surface area (Å²) >= 11 is 0. The van der Waals surface area contributed by atoms with Crippen LogP contribution in [0.1, 0.15) is 58.3 Å². The zero-order chi connectivity index (χ0) is 10.7. The van der Waals surface area contributed by atoms with E-state index < -0.39 is 0 Å². The number of carbonyl (C=O) groups is 1. The SMILES string of the molecule is CC1CCCN1C(=O)C1CCCCCC1. The number of hydrogen-bond donors (Lipinski definition) is 0. The van der Waals surface area contributed by atoms with Gasteiger partial charge in [-0.2, -0.15) is 0 Å². The summed E-state index contributed by atoms with van der Waals surface area (Å²) in [6, 6.07) is 0.501. The lowest BCUT2D eigenvalue weighted by Gasteiger charge is -2.26. The normalized spacial score (nSPS) is 29.1. The fraction of sp³-hybridized carbons (Fsp3) is 0.923. The summed E-state index contributed by atoms with van der Waals surface area (Å²) in [6.45, 7) is 3.21. The van der Waals surface area contributed by atoms with Gasteiger partial charge < -0.3 is 4.90 Å². The molecule has 2 rings (SSSR count). The molecule has 2 nitrogen and oxygen atoms in total. The molecule has 1 atom stereocenters. The first kappa shape index (κ1) is 11.0. The molecule has 1 amide bonds. The number of carbonyl (C=O) groups excluding carboxylic acids is 1. The van der Waals surface area contributed by atoms with E-state index in [1.165, 1.54) is 38.5 Å². The lowest BCUT2D eigenvalue weighted by molar-refractivity contribution is -0.136. The second-order valence-electron chi connectivity index (χ2n) is 5.21. The molecular formula is C13H23NO. The molecule has 0 bridgehead atoms. The molecule has 1 saturated carbocycles. The van der Waals surface area contributed by atoms with Gasteiger partial charge >= 0.3 is 0 Å². The number of rotatable bonds is 1. The van der Waals surface area contributed by atoms with Crippen LogP contribution in [0.5, 0.6) is 0 Å². The minimum absolute atomic E-state index is 0.355. The van der Waals surface area contributed by atoms with Gasteiger partial charge in [-0.15, -0.1) is 0 Å². The molecule has 1 aliphatic heterocycles. The maximum Gasteiger partial charge on any atom is 0.225 e. The van der Waals surface area contributed by atoms with Crippen molar-refractivity contribution in [3.05, 3.63) is 0 Å². The highest BCUT2D eigenvalue weighted by molar-refractivity contribution is 5.79. The third kappa shape index (κ3) is 2.53. The molecule has 2 aliphatic rings. The third-order valence-corrected chi connectivity index (χ3v) is 4.04. The van der Waals surface area contributed by atoms with Gasteiger partial charge in [0.1, 0.15) is 0 Å². The van der Waals surface area contributed by atoms with Crippen LogP contribution >= 0.6 is 0 Å². The van der Waals surface area contributed by atoms with E-state index in [1.54, 1.807) is 0 Å². The predicted octanol–water partition coefficient (Wildman–Crippen LogP) is 2.97. The monoisotopic (exact) mass is 209 g/mol. The Bertz CT molecular complexity index is 219. The zero-order valence-corrected chi connectivity index (χ0v) is 9.87. The van der Waals surface area contributed by atoms with E-state index in [0.717, 1.165) is 19.4 Å². The summed E-state index contributed by atoms with van der Waals surface area (Å²) in [4.78, 5) is 14.4. The van der Waals surface area contributed by atoms with Crippen molar-refractivity contribution in [2.24, 2.45) is 5.92 Å². The maximum atomic E-state index is 12.3. The van der Waals surface area contributed by atoms with Crippen LogP contribution in [0.15, 0.2) is 0 Å². The van der Waals surface area contributed by atoms with Crippen molar-refractivity contribution < 1.29 is 4.79 Å². The molecule has 1 saturated heterocycles. The van der Waals surface area contributed by atoms with Crippen molar-refractivity contribution in [3.63, 3.8) is 0 Å². The molecule has 86 valence electrons. The number of hydrogen-bond acceptors (Lipinski definition) is 1. The summed E-state index contributed by atoms with van der Waals surface area (Å²) in [5.41, 5.74) is 0. The standard InChI is InChI=1S/C13H23NO/c1-11-7-6-10-14(11)13(15)12-8-4-2-3-5-9-12/h11-12H,2-10H2,1H3. The molecule has 0 radical (unpaired) electrons. The van der Waals surface area contributed by atoms with E-state index in [-0.39, 0.29) is 0 Å². The van der Waals surface area contributed by atoms with Gasteiger partial charge in [0.25, 0.3) is 0 Å². The van der Waals surface area contributed by atoms with Gasteiger partial charge in [-0.3, -0.25) is 4.79 Å². The topological polar surface area (TPSA) is 20.3 Å². The smallest absolute Gasteiger partial charge is 0.225 e. The maximum absolute atomic E-state index is 12.3. The Kier molecular flexibility index (Phi) is 3.66. The second-order valence-corrected chi connectivity index (χ2v) is 5.21. The first-order valence-electron chi connectivity index (χ1n) is 6.59. The molecule has 0 N–H and O–H groups in total. The highest BCUT2D eigenvalue weighted by Gasteiger charge is 2.30. The van der Waals surface area contributed by atoms with Crippen LogP contribution in [-0.2, 0) is 4.79 Å². The van der Waals surface area contributed by atoms with E-state index >= 15 is 0 Å². The van der Waals surface area contributed by atoms with Crippen LogP contribution in [0, 0.1) is 5.92 Å². The lowest BCUT2D eigenvalue weighted by Crippen LogP contribution is -2.38. The summed E-state index contributed by atoms with van der Waals surface area (Å²) in [7, 11) is 0. The van der Waals surface area contributed by atoms with E-state index in [9.17, 15) is 4.79 Å². The molecule has 2 heteroatoms. The van der Waals surface area contributed by atoms with Crippen LogP contribution < -0.4 is 0 Å². The van der Waals surface area contributed by atoms with E-state index in [1.807, 2.05) is 0 Å². The minimum Gasteiger partial charge on any atom is -0.340 e. The molecule has 1 aliphatic carbocycles. The van der Waals surface area contributed by atoms with Crippen LogP contribution in [-0.4, -0.2) is 23.4 Å². The lowest BCUT2D eigenvalue weighted by atomic mass is 9.98. The van der Waals surface area contributed by atoms with Crippen LogP contribution in [0.3, 0.4) is 0 Å². The highest BCUT2D eigenvalue weighted by Crippen LogP contribution is 2.27. The molecule has 0 spiro atoms.